The van der Waals surface area contributed by atoms with Crippen LogP contribution in [0.25, 0.3) is 0 Å². The fraction of sp³-hybridized carbons (Fsp3) is 0.750. The molecule has 0 atom stereocenters. The van der Waals surface area contributed by atoms with Crippen LogP contribution in [0.5, 0.6) is 5.75 Å². The van der Waals surface area contributed by atoms with Crippen molar-refractivity contribution in [1.82, 2.24) is 0 Å². The lowest BCUT2D eigenvalue weighted by Crippen LogP contribution is -2.56. The van der Waals surface area contributed by atoms with E-state index < -0.39 is 0 Å². The lowest BCUT2D eigenvalue weighted by molar-refractivity contribution is -0.933. The third-order valence-corrected chi connectivity index (χ3v) is 8.43. The van der Waals surface area contributed by atoms with Crippen LogP contribution in [0.1, 0.15) is 51.0 Å². The highest BCUT2D eigenvalue weighted by Crippen LogP contribution is 2.60. The summed E-state index contributed by atoms with van der Waals surface area (Å²) in [6, 6.07) is 9.26. The molecule has 3 heteroatoms. The van der Waals surface area contributed by atoms with Gasteiger partial charge in [0.25, 0.3) is 0 Å². The third-order valence-electron chi connectivity index (χ3n) is 8.43. The second-order valence-electron chi connectivity index (χ2n) is 10.0. The Morgan fingerprint density at radius 1 is 0.963 bits per heavy atom. The van der Waals surface area contributed by atoms with Gasteiger partial charge >= 0.3 is 0 Å². The Morgan fingerprint density at radius 3 is 2.11 bits per heavy atom. The Balaban J connectivity index is 1.21. The van der Waals surface area contributed by atoms with Crippen LogP contribution in [0.2, 0.25) is 0 Å². The Hall–Kier alpha value is -1.06. The summed E-state index contributed by atoms with van der Waals surface area (Å²) in [5.41, 5.74) is 2.10. The zero-order valence-corrected chi connectivity index (χ0v) is 17.0. The van der Waals surface area contributed by atoms with Crippen molar-refractivity contribution in [2.24, 2.45) is 17.8 Å². The van der Waals surface area contributed by atoms with Crippen LogP contribution in [0.15, 0.2) is 24.3 Å². The SMILES string of the molecule is CC[N+]1(CCOc2ccc(C34CC5CC(CC(C5)C3)C4)cc2)CCOCC1. The predicted molar refractivity (Wildman–Crippen MR) is 108 cm³/mol. The second kappa shape index (κ2) is 7.08. The molecule has 4 saturated carbocycles. The van der Waals surface area contributed by atoms with Crippen LogP contribution < -0.4 is 4.74 Å². The molecule has 1 saturated heterocycles. The average Bonchev–Trinajstić information content (AvgIpc) is 2.68. The molecule has 1 heterocycles. The predicted octanol–water partition coefficient (Wildman–Crippen LogP) is 4.40. The fourth-order valence-electron chi connectivity index (χ4n) is 7.15. The van der Waals surface area contributed by atoms with Crippen LogP contribution >= 0.6 is 0 Å². The van der Waals surface area contributed by atoms with E-state index in [1.54, 1.807) is 5.56 Å². The zero-order chi connectivity index (χ0) is 18.3. The van der Waals surface area contributed by atoms with Crippen molar-refractivity contribution in [3.8, 4) is 5.75 Å². The summed E-state index contributed by atoms with van der Waals surface area (Å²) < 4.78 is 12.8. The van der Waals surface area contributed by atoms with E-state index in [0.29, 0.717) is 5.41 Å². The number of quaternary nitrogens is 1. The van der Waals surface area contributed by atoms with Gasteiger partial charge in [-0.1, -0.05) is 12.1 Å². The quantitative estimate of drug-likeness (QED) is 0.691. The molecule has 0 unspecified atom stereocenters. The van der Waals surface area contributed by atoms with E-state index in [-0.39, 0.29) is 0 Å². The van der Waals surface area contributed by atoms with Gasteiger partial charge in [0.05, 0.1) is 19.8 Å². The van der Waals surface area contributed by atoms with Gasteiger partial charge < -0.3 is 14.0 Å². The van der Waals surface area contributed by atoms with E-state index in [1.807, 2.05) is 0 Å². The number of hydrogen-bond donors (Lipinski definition) is 0. The van der Waals surface area contributed by atoms with Crippen LogP contribution in [0, 0.1) is 17.8 Å². The molecule has 0 radical (unpaired) electrons. The molecule has 5 aliphatic rings. The zero-order valence-electron chi connectivity index (χ0n) is 17.0. The summed E-state index contributed by atoms with van der Waals surface area (Å²) >= 11 is 0. The van der Waals surface area contributed by atoms with Gasteiger partial charge in [-0.3, -0.25) is 0 Å². The average molecular weight is 371 g/mol. The van der Waals surface area contributed by atoms with Crippen molar-refractivity contribution >= 4 is 0 Å². The molecule has 1 aliphatic heterocycles. The molecule has 4 aliphatic carbocycles. The van der Waals surface area contributed by atoms with E-state index in [1.165, 1.54) is 45.1 Å². The van der Waals surface area contributed by atoms with Gasteiger partial charge in [-0.2, -0.15) is 0 Å². The number of nitrogens with zero attached hydrogens (tertiary/aromatic N) is 1. The molecular formula is C24H36NO2+. The van der Waals surface area contributed by atoms with Crippen LogP contribution in [0.3, 0.4) is 0 Å². The Kier molecular flexibility index (Phi) is 4.72. The van der Waals surface area contributed by atoms with Gasteiger partial charge in [0, 0.05) is 0 Å². The maximum absolute atomic E-state index is 6.15. The molecule has 0 amide bonds. The molecule has 0 N–H and O–H groups in total. The van der Waals surface area contributed by atoms with E-state index >= 15 is 0 Å². The van der Waals surface area contributed by atoms with Crippen LogP contribution in [-0.4, -0.2) is 50.5 Å². The molecule has 27 heavy (non-hydrogen) atoms. The van der Waals surface area contributed by atoms with E-state index in [4.69, 9.17) is 9.47 Å². The fourth-order valence-corrected chi connectivity index (χ4v) is 7.15. The molecule has 1 aromatic rings. The van der Waals surface area contributed by atoms with Gasteiger partial charge in [0.2, 0.25) is 0 Å². The molecule has 0 spiro atoms. The number of hydrogen-bond acceptors (Lipinski definition) is 2. The number of likely N-dealkylation sites (N-methyl/N-ethyl adjacent to an activating group) is 1. The Labute approximate surface area is 164 Å². The van der Waals surface area contributed by atoms with Crippen molar-refractivity contribution < 1.29 is 14.0 Å². The highest BCUT2D eigenvalue weighted by atomic mass is 16.5. The van der Waals surface area contributed by atoms with Crippen molar-refractivity contribution in [3.63, 3.8) is 0 Å². The lowest BCUT2D eigenvalue weighted by Gasteiger charge is -2.57. The minimum atomic E-state index is 0.499. The smallest absolute Gasteiger partial charge is 0.137 e. The first-order valence-electron chi connectivity index (χ1n) is 11.3. The number of ether oxygens (including phenoxy) is 2. The summed E-state index contributed by atoms with van der Waals surface area (Å²) in [5.74, 6) is 4.07. The molecule has 6 rings (SSSR count). The highest BCUT2D eigenvalue weighted by molar-refractivity contribution is 5.34. The van der Waals surface area contributed by atoms with Gasteiger partial charge in [0.15, 0.2) is 0 Å². The van der Waals surface area contributed by atoms with E-state index in [0.717, 1.165) is 67.4 Å². The van der Waals surface area contributed by atoms with Crippen LogP contribution in [-0.2, 0) is 10.2 Å². The van der Waals surface area contributed by atoms with Crippen molar-refractivity contribution in [2.45, 2.75) is 50.9 Å². The number of rotatable bonds is 6. The molecule has 148 valence electrons. The third kappa shape index (κ3) is 3.42. The summed E-state index contributed by atoms with van der Waals surface area (Å²) in [4.78, 5) is 0. The second-order valence-corrected chi connectivity index (χ2v) is 10.0. The molecule has 3 nitrogen and oxygen atoms in total. The lowest BCUT2D eigenvalue weighted by atomic mass is 9.48. The Morgan fingerprint density at radius 2 is 1.56 bits per heavy atom. The van der Waals surface area contributed by atoms with Crippen molar-refractivity contribution in [3.05, 3.63) is 29.8 Å². The summed E-state index contributed by atoms with van der Waals surface area (Å²) in [6.45, 7) is 9.43. The Bertz CT molecular complexity index is 612. The molecular weight excluding hydrogens is 334 g/mol. The first kappa shape index (κ1) is 18.0. The van der Waals surface area contributed by atoms with Gasteiger partial charge in [-0.15, -0.1) is 0 Å². The highest BCUT2D eigenvalue weighted by Gasteiger charge is 2.51. The maximum atomic E-state index is 6.15. The minimum Gasteiger partial charge on any atom is -0.488 e. The van der Waals surface area contributed by atoms with Gasteiger partial charge in [-0.05, 0) is 86.3 Å². The topological polar surface area (TPSA) is 18.5 Å². The molecule has 4 bridgehead atoms. The van der Waals surface area contributed by atoms with Gasteiger partial charge in [-0.25, -0.2) is 0 Å². The first-order chi connectivity index (χ1) is 13.2. The molecule has 1 aromatic carbocycles. The summed E-state index contributed by atoms with van der Waals surface area (Å²) in [5, 5.41) is 0. The van der Waals surface area contributed by atoms with E-state index in [9.17, 15) is 0 Å². The number of benzene rings is 1. The largest absolute Gasteiger partial charge is 0.488 e. The summed E-state index contributed by atoms with van der Waals surface area (Å²) in [6.07, 6.45) is 8.88. The summed E-state index contributed by atoms with van der Waals surface area (Å²) in [7, 11) is 0. The van der Waals surface area contributed by atoms with Crippen molar-refractivity contribution in [1.29, 1.82) is 0 Å². The van der Waals surface area contributed by atoms with Crippen LogP contribution in [0.4, 0.5) is 0 Å². The monoisotopic (exact) mass is 370 g/mol. The number of morpholine rings is 1. The van der Waals surface area contributed by atoms with Gasteiger partial charge in [0.1, 0.15) is 32.0 Å². The molecule has 5 fully saturated rings. The van der Waals surface area contributed by atoms with E-state index in [2.05, 4.69) is 31.2 Å². The minimum absolute atomic E-state index is 0.499. The van der Waals surface area contributed by atoms with Crippen molar-refractivity contribution in [2.75, 3.05) is 46.0 Å². The maximum Gasteiger partial charge on any atom is 0.137 e. The molecule has 0 aromatic heterocycles. The first-order valence-corrected chi connectivity index (χ1v) is 11.3. The standard InChI is InChI=1S/C24H36NO2/c1-2-25(7-10-26-11-8-25)9-12-27-23-5-3-22(4-6-23)24-16-19-13-20(17-24)15-21(14-19)18-24/h3-6,19-21H,2,7-18H2,1H3/q+1. The normalized spacial score (nSPS) is 36.7.